The van der Waals surface area contributed by atoms with Gasteiger partial charge in [0.1, 0.15) is 0 Å². The van der Waals surface area contributed by atoms with Crippen LogP contribution < -0.4 is 28.1 Å². The molecule has 0 aromatic heterocycles. The molecule has 0 saturated carbocycles. The summed E-state index contributed by atoms with van der Waals surface area (Å²) in [5.74, 6) is 0.494. The van der Waals surface area contributed by atoms with Crippen molar-refractivity contribution < 1.29 is 46.1 Å². The van der Waals surface area contributed by atoms with Crippen molar-refractivity contribution in [2.75, 3.05) is 0 Å². The number of hydrogen-bond donors (Lipinski definition) is 0. The Morgan fingerprint density at radius 2 is 1.31 bits per heavy atom. The van der Waals surface area contributed by atoms with Crippen LogP contribution in [0.2, 0.25) is 0 Å². The molecular weight excluding hydrogens is 631 g/mol. The summed E-state index contributed by atoms with van der Waals surface area (Å²) in [6, 6.07) is 23.6. The molecule has 0 nitrogen and oxygen atoms in total. The van der Waals surface area contributed by atoms with Gasteiger partial charge >= 0.3 is 253 Å². The predicted octanol–water partition coefficient (Wildman–Crippen LogP) is 3.85. The van der Waals surface area contributed by atoms with Crippen molar-refractivity contribution in [1.82, 2.24) is 0 Å². The zero-order chi connectivity index (χ0) is 29.2. The largest absolute Gasteiger partial charge is 1.00 e. The quantitative estimate of drug-likeness (QED) is 0.309. The van der Waals surface area contributed by atoms with Gasteiger partial charge in [-0.1, -0.05) is 0 Å². The summed E-state index contributed by atoms with van der Waals surface area (Å²) >= 11 is -2.52. The van der Waals surface area contributed by atoms with E-state index in [1.54, 1.807) is 23.3 Å². The molecule has 0 amide bonds. The first-order chi connectivity index (χ1) is 18.6. The molecule has 0 aliphatic heterocycles. The summed E-state index contributed by atoms with van der Waals surface area (Å²) in [6.07, 6.45) is 3.64. The second-order valence-electron chi connectivity index (χ2n) is 15.2. The van der Waals surface area contributed by atoms with Crippen molar-refractivity contribution in [3.05, 3.63) is 109 Å². The van der Waals surface area contributed by atoms with E-state index in [4.69, 9.17) is 0 Å². The minimum Gasteiger partial charge on any atom is -1.00 e. The van der Waals surface area contributed by atoms with Crippen LogP contribution >= 0.6 is 0 Å². The molecule has 0 fully saturated rings. The first kappa shape index (κ1) is 35.0. The van der Waals surface area contributed by atoms with E-state index in [0.29, 0.717) is 5.92 Å². The molecule has 0 heterocycles. The van der Waals surface area contributed by atoms with Gasteiger partial charge in [0.25, 0.3) is 0 Å². The molecule has 222 valence electrons. The van der Waals surface area contributed by atoms with E-state index in [9.17, 15) is 0 Å². The molecule has 0 bridgehead atoms. The van der Waals surface area contributed by atoms with Gasteiger partial charge in [-0.2, -0.15) is 0 Å². The van der Waals surface area contributed by atoms with E-state index in [1.807, 2.05) is 0 Å². The van der Waals surface area contributed by atoms with Gasteiger partial charge in [-0.25, -0.2) is 0 Å². The Kier molecular flexibility index (Phi) is 10.4. The summed E-state index contributed by atoms with van der Waals surface area (Å²) in [5, 5.41) is 0. The fourth-order valence-corrected chi connectivity index (χ4v) is 14.3. The van der Waals surface area contributed by atoms with Gasteiger partial charge < -0.3 is 24.8 Å². The van der Waals surface area contributed by atoms with E-state index in [1.165, 1.54) is 33.4 Å². The van der Waals surface area contributed by atoms with Crippen molar-refractivity contribution in [3.8, 4) is 11.1 Å². The van der Waals surface area contributed by atoms with E-state index in [-0.39, 0.29) is 41.1 Å². The maximum Gasteiger partial charge on any atom is -1.00 e. The summed E-state index contributed by atoms with van der Waals surface area (Å²) in [5.41, 5.74) is 13.9. The Bertz CT molecular complexity index is 1570. The zero-order valence-corrected chi connectivity index (χ0v) is 31.4. The van der Waals surface area contributed by atoms with Crippen molar-refractivity contribution in [2.45, 2.75) is 93.4 Å². The summed E-state index contributed by atoms with van der Waals surface area (Å²) in [4.78, 5) is 0. The summed E-state index contributed by atoms with van der Waals surface area (Å²) in [6.45, 7) is 26.2. The molecule has 1 unspecified atom stereocenters. The Labute approximate surface area is 276 Å². The number of fused-ring (bicyclic) bond motifs is 3. The molecule has 3 aromatic rings. The van der Waals surface area contributed by atoms with Gasteiger partial charge in [0.2, 0.25) is 0 Å². The second-order valence-corrected chi connectivity index (χ2v) is 20.6. The van der Waals surface area contributed by atoms with E-state index in [0.717, 1.165) is 6.42 Å². The first-order valence-corrected chi connectivity index (χ1v) is 19.0. The van der Waals surface area contributed by atoms with Gasteiger partial charge in [-0.05, 0) is 0 Å². The molecule has 0 radical (unpaired) electrons. The molecular formula is C39H48Cl2Zr. The van der Waals surface area contributed by atoms with Crippen LogP contribution in [0.25, 0.3) is 11.1 Å². The molecule has 5 rings (SSSR count). The Morgan fingerprint density at radius 1 is 0.714 bits per heavy atom. The minimum absolute atomic E-state index is 0. The van der Waals surface area contributed by atoms with Crippen molar-refractivity contribution in [2.24, 2.45) is 11.3 Å². The molecule has 3 aromatic carbocycles. The van der Waals surface area contributed by atoms with Crippen LogP contribution in [0.15, 0.2) is 81.2 Å². The third-order valence-corrected chi connectivity index (χ3v) is 16.4. The molecule has 0 N–H and O–H groups in total. The average Bonchev–Trinajstić information content (AvgIpc) is 3.38. The standard InChI is InChI=1S/C21H25.C11H17.C7H6.2ClH.Zr/c1-20(2,3)16-9-7-14-11-15-8-10-17(21(4,5)6)13-19(15)18(14)12-16;1-8-6-9(2)10(7-8)11(3,4)5;1-7-5-3-2-4-6-7;;;/h7,9-10,12-13H,11H2,1-6H3;7-8H,1-5H3;1-6H;2*1H;/q;;;;;+2/p-2. The Balaban J connectivity index is 0.00000242. The van der Waals surface area contributed by atoms with Gasteiger partial charge in [-0.15, -0.1) is 0 Å². The van der Waals surface area contributed by atoms with Gasteiger partial charge in [0.15, 0.2) is 0 Å². The number of hydrogen-bond acceptors (Lipinski definition) is 0. The summed E-state index contributed by atoms with van der Waals surface area (Å²) in [7, 11) is 0. The fourth-order valence-electron chi connectivity index (χ4n) is 6.64. The van der Waals surface area contributed by atoms with Crippen molar-refractivity contribution >= 4 is 6.98 Å². The van der Waals surface area contributed by atoms with E-state index < -0.39 is 21.3 Å². The molecule has 2 aliphatic rings. The van der Waals surface area contributed by atoms with Crippen LogP contribution in [-0.4, -0.2) is 3.71 Å². The predicted molar refractivity (Wildman–Crippen MR) is 173 cm³/mol. The van der Waals surface area contributed by atoms with Crippen LogP contribution in [-0.2, 0) is 38.5 Å². The maximum absolute atomic E-state index is 2.74. The smallest absolute Gasteiger partial charge is 1.00 e. The van der Waals surface area contributed by atoms with Crippen molar-refractivity contribution in [1.29, 1.82) is 0 Å². The first-order valence-electron chi connectivity index (χ1n) is 15.1. The maximum atomic E-state index is 2.74. The average molecular weight is 679 g/mol. The van der Waals surface area contributed by atoms with E-state index in [2.05, 4.69) is 147 Å². The third-order valence-electron chi connectivity index (χ3n) is 8.93. The topological polar surface area (TPSA) is 0 Å². The minimum atomic E-state index is -2.52. The second kappa shape index (κ2) is 12.5. The number of allylic oxidation sites excluding steroid dienone is 4. The van der Waals surface area contributed by atoms with Crippen LogP contribution in [0.4, 0.5) is 0 Å². The zero-order valence-electron chi connectivity index (χ0n) is 27.5. The van der Waals surface area contributed by atoms with Crippen LogP contribution in [0.5, 0.6) is 0 Å². The molecule has 1 atom stereocenters. The van der Waals surface area contributed by atoms with Crippen molar-refractivity contribution in [3.63, 3.8) is 0 Å². The molecule has 0 saturated heterocycles. The van der Waals surface area contributed by atoms with E-state index >= 15 is 0 Å². The third kappa shape index (κ3) is 6.75. The van der Waals surface area contributed by atoms with Gasteiger partial charge in [0, 0.05) is 0 Å². The Morgan fingerprint density at radius 3 is 1.86 bits per heavy atom. The Hall–Kier alpha value is -1.53. The van der Waals surface area contributed by atoms with Gasteiger partial charge in [0.05, 0.1) is 0 Å². The number of benzene rings is 3. The van der Waals surface area contributed by atoms with Gasteiger partial charge in [-0.3, -0.25) is 0 Å². The number of halogens is 2. The fraction of sp³-hybridized carbons (Fsp3) is 0.410. The van der Waals surface area contributed by atoms with Crippen LogP contribution in [0, 0.1) is 11.3 Å². The molecule has 2 aliphatic carbocycles. The molecule has 42 heavy (non-hydrogen) atoms. The molecule has 0 spiro atoms. The SMILES string of the molecule is CC1=[C](/[Zr+2](=[CH]/c2ccccc2)[c]2cc(C(C)(C)C)cc3c2Cc2ccc(C(C)(C)C)cc2-3)C(C)C=C1C(C)(C)C.[Cl-].[Cl-]. The van der Waals surface area contributed by atoms with Crippen LogP contribution in [0.3, 0.4) is 0 Å². The monoisotopic (exact) mass is 676 g/mol. The van der Waals surface area contributed by atoms with Crippen LogP contribution in [0.1, 0.15) is 104 Å². The summed E-state index contributed by atoms with van der Waals surface area (Å²) < 4.78 is 6.19. The molecule has 3 heteroatoms. The normalized spacial score (nSPS) is 16.5. The number of rotatable bonds is 3.